The molecule has 1 heterocycles. The predicted molar refractivity (Wildman–Crippen MR) is 96.7 cm³/mol. The summed E-state index contributed by atoms with van der Waals surface area (Å²) >= 11 is 0. The van der Waals surface area contributed by atoms with Crippen LogP contribution in [-0.4, -0.2) is 93.9 Å². The van der Waals surface area contributed by atoms with Gasteiger partial charge in [-0.15, -0.1) is 0 Å². The second-order valence-electron chi connectivity index (χ2n) is 7.63. The molecule has 12 heteroatoms. The zero-order valence-corrected chi connectivity index (χ0v) is 16.8. The Morgan fingerprint density at radius 2 is 1.79 bits per heavy atom. The first-order valence-electron chi connectivity index (χ1n) is 9.09. The Morgan fingerprint density at radius 3 is 2.28 bits per heavy atom. The topological polar surface area (TPSA) is 184 Å². The van der Waals surface area contributed by atoms with Crippen molar-refractivity contribution in [1.82, 2.24) is 10.6 Å². The molecular formula is C17H30N2O10. The molecule has 0 aliphatic carbocycles. The van der Waals surface area contributed by atoms with E-state index < -0.39 is 66.9 Å². The second-order valence-corrected chi connectivity index (χ2v) is 7.63. The quantitative estimate of drug-likeness (QED) is 0.264. The minimum Gasteiger partial charge on any atom is -0.480 e. The van der Waals surface area contributed by atoms with Crippen LogP contribution in [0.25, 0.3) is 0 Å². The molecule has 1 rings (SSSR count). The number of nitrogens with one attached hydrogen (secondary N) is 2. The molecule has 0 aromatic rings. The van der Waals surface area contributed by atoms with Crippen LogP contribution >= 0.6 is 0 Å². The van der Waals surface area contributed by atoms with E-state index in [0.717, 1.165) is 0 Å². The van der Waals surface area contributed by atoms with Crippen molar-refractivity contribution >= 4 is 18.0 Å². The van der Waals surface area contributed by atoms with E-state index in [9.17, 15) is 34.8 Å². The SMILES string of the molecule is CC(=O)NC1C(OCC[C@H](NC(=O)OC(C)(C)C)C(=O)O)OC(CO)C(O)C1O. The lowest BCUT2D eigenvalue weighted by molar-refractivity contribution is -0.270. The first kappa shape index (κ1) is 25.0. The number of carboxylic acid groups (broad SMARTS) is 1. The Labute approximate surface area is 168 Å². The number of hydrogen-bond donors (Lipinski definition) is 6. The highest BCUT2D eigenvalue weighted by molar-refractivity contribution is 5.80. The number of aliphatic hydroxyl groups is 3. The van der Waals surface area contributed by atoms with E-state index >= 15 is 0 Å². The molecule has 168 valence electrons. The van der Waals surface area contributed by atoms with Crippen LogP contribution in [0, 0.1) is 0 Å². The summed E-state index contributed by atoms with van der Waals surface area (Å²) in [5.74, 6) is -1.83. The molecular weight excluding hydrogens is 392 g/mol. The highest BCUT2D eigenvalue weighted by atomic mass is 16.7. The molecule has 0 spiro atoms. The Morgan fingerprint density at radius 1 is 1.17 bits per heavy atom. The van der Waals surface area contributed by atoms with Crippen molar-refractivity contribution in [2.24, 2.45) is 0 Å². The van der Waals surface area contributed by atoms with Crippen LogP contribution in [0.1, 0.15) is 34.1 Å². The van der Waals surface area contributed by atoms with Crippen LogP contribution in [0.5, 0.6) is 0 Å². The van der Waals surface area contributed by atoms with Gasteiger partial charge in [-0.1, -0.05) is 0 Å². The van der Waals surface area contributed by atoms with E-state index in [0.29, 0.717) is 0 Å². The maximum absolute atomic E-state index is 11.8. The Balaban J connectivity index is 2.71. The van der Waals surface area contributed by atoms with E-state index in [1.165, 1.54) is 6.92 Å². The Hall–Kier alpha value is -1.99. The summed E-state index contributed by atoms with van der Waals surface area (Å²) < 4.78 is 15.8. The third-order valence-corrected chi connectivity index (χ3v) is 3.93. The molecule has 0 bridgehead atoms. The molecule has 6 atom stereocenters. The molecule has 6 N–H and O–H groups in total. The zero-order valence-electron chi connectivity index (χ0n) is 16.8. The van der Waals surface area contributed by atoms with Gasteiger partial charge in [0.25, 0.3) is 0 Å². The summed E-state index contributed by atoms with van der Waals surface area (Å²) in [6, 6.07) is -2.47. The fourth-order valence-corrected chi connectivity index (χ4v) is 2.62. The van der Waals surface area contributed by atoms with E-state index in [2.05, 4.69) is 10.6 Å². The normalized spacial score (nSPS) is 28.3. The number of ether oxygens (including phenoxy) is 3. The number of aliphatic hydroxyl groups excluding tert-OH is 3. The number of carbonyl (C=O) groups excluding carboxylic acids is 2. The number of alkyl carbamates (subject to hydrolysis) is 1. The smallest absolute Gasteiger partial charge is 0.408 e. The Bertz CT molecular complexity index is 579. The van der Waals surface area contributed by atoms with Gasteiger partial charge in [0.1, 0.15) is 36.0 Å². The van der Waals surface area contributed by atoms with Crippen molar-refractivity contribution in [2.75, 3.05) is 13.2 Å². The van der Waals surface area contributed by atoms with Crippen molar-refractivity contribution in [3.8, 4) is 0 Å². The van der Waals surface area contributed by atoms with Gasteiger partial charge in [0, 0.05) is 13.3 Å². The molecule has 0 aromatic carbocycles. The molecule has 0 aromatic heterocycles. The van der Waals surface area contributed by atoms with E-state index in [1.807, 2.05) is 0 Å². The predicted octanol–water partition coefficient (Wildman–Crippen LogP) is -1.69. The zero-order chi connectivity index (χ0) is 22.4. The summed E-state index contributed by atoms with van der Waals surface area (Å²) in [5.41, 5.74) is -0.804. The van der Waals surface area contributed by atoms with Crippen molar-refractivity contribution in [1.29, 1.82) is 0 Å². The monoisotopic (exact) mass is 422 g/mol. The lowest BCUT2D eigenvalue weighted by Crippen LogP contribution is -2.64. The number of aliphatic carboxylic acids is 1. The largest absolute Gasteiger partial charge is 0.480 e. The van der Waals surface area contributed by atoms with E-state index in [4.69, 9.17) is 14.2 Å². The number of hydrogen-bond acceptors (Lipinski definition) is 9. The van der Waals surface area contributed by atoms with E-state index in [-0.39, 0.29) is 13.0 Å². The van der Waals surface area contributed by atoms with Gasteiger partial charge < -0.3 is 45.3 Å². The standard InChI is InChI=1S/C17H30N2O10/c1-8(21)18-11-13(23)12(22)10(7-20)28-15(11)27-6-5-9(14(24)25)19-16(26)29-17(2,3)4/h9-13,15,20,22-23H,5-7H2,1-4H3,(H,18,21)(H,19,26)(H,24,25)/t9-,10?,11?,12?,13?,15?/m0/s1. The lowest BCUT2D eigenvalue weighted by atomic mass is 9.97. The van der Waals surface area contributed by atoms with Gasteiger partial charge in [-0.3, -0.25) is 4.79 Å². The average Bonchev–Trinajstić information content (AvgIpc) is 2.57. The number of carbonyl (C=O) groups is 3. The van der Waals surface area contributed by atoms with Crippen LogP contribution in [0.2, 0.25) is 0 Å². The molecule has 1 aliphatic rings. The summed E-state index contributed by atoms with van der Waals surface area (Å²) in [5, 5.41) is 43.2. The van der Waals surface area contributed by atoms with Crippen LogP contribution in [0.4, 0.5) is 4.79 Å². The number of amides is 2. The lowest BCUT2D eigenvalue weighted by Gasteiger charge is -2.42. The molecule has 29 heavy (non-hydrogen) atoms. The maximum Gasteiger partial charge on any atom is 0.408 e. The fraction of sp³-hybridized carbons (Fsp3) is 0.824. The summed E-state index contributed by atoms with van der Waals surface area (Å²) in [7, 11) is 0. The van der Waals surface area contributed by atoms with Gasteiger partial charge in [0.05, 0.1) is 13.2 Å². The molecule has 5 unspecified atom stereocenters. The molecule has 1 fully saturated rings. The van der Waals surface area contributed by atoms with Crippen LogP contribution in [-0.2, 0) is 23.8 Å². The van der Waals surface area contributed by atoms with Gasteiger partial charge in [0.15, 0.2) is 6.29 Å². The van der Waals surface area contributed by atoms with Crippen molar-refractivity contribution in [3.05, 3.63) is 0 Å². The van der Waals surface area contributed by atoms with Gasteiger partial charge in [-0.25, -0.2) is 9.59 Å². The molecule has 1 saturated heterocycles. The van der Waals surface area contributed by atoms with Crippen molar-refractivity contribution in [2.45, 2.75) is 76.4 Å². The van der Waals surface area contributed by atoms with Gasteiger partial charge in [-0.2, -0.15) is 0 Å². The summed E-state index contributed by atoms with van der Waals surface area (Å²) in [4.78, 5) is 34.5. The highest BCUT2D eigenvalue weighted by Gasteiger charge is 2.45. The number of rotatable bonds is 8. The third kappa shape index (κ3) is 8.11. The Kier molecular flexibility index (Phi) is 9.23. The first-order chi connectivity index (χ1) is 13.4. The summed E-state index contributed by atoms with van der Waals surface area (Å²) in [6.45, 7) is 5.23. The van der Waals surface area contributed by atoms with Crippen LogP contribution in [0.15, 0.2) is 0 Å². The molecule has 1 aliphatic heterocycles. The van der Waals surface area contributed by atoms with Gasteiger partial charge >= 0.3 is 12.1 Å². The van der Waals surface area contributed by atoms with Gasteiger partial charge in [-0.05, 0) is 20.8 Å². The van der Waals surface area contributed by atoms with Crippen LogP contribution in [0.3, 0.4) is 0 Å². The average molecular weight is 422 g/mol. The first-order valence-corrected chi connectivity index (χ1v) is 9.09. The van der Waals surface area contributed by atoms with Crippen LogP contribution < -0.4 is 10.6 Å². The van der Waals surface area contributed by atoms with Gasteiger partial charge in [0.2, 0.25) is 5.91 Å². The number of carboxylic acids is 1. The van der Waals surface area contributed by atoms with Crippen molar-refractivity contribution in [3.63, 3.8) is 0 Å². The minimum absolute atomic E-state index is 0.177. The highest BCUT2D eigenvalue weighted by Crippen LogP contribution is 2.22. The minimum atomic E-state index is -1.48. The second kappa shape index (κ2) is 10.7. The molecule has 0 saturated carbocycles. The fourth-order valence-electron chi connectivity index (χ4n) is 2.62. The molecule has 12 nitrogen and oxygen atoms in total. The third-order valence-electron chi connectivity index (χ3n) is 3.93. The summed E-state index contributed by atoms with van der Waals surface area (Å²) in [6.07, 6.45) is -6.44. The van der Waals surface area contributed by atoms with Crippen molar-refractivity contribution < 1.29 is 49.0 Å². The molecule has 0 radical (unpaired) electrons. The van der Waals surface area contributed by atoms with E-state index in [1.54, 1.807) is 20.8 Å². The molecule has 2 amide bonds. The maximum atomic E-state index is 11.8.